The average Bonchev–Trinajstić information content (AvgIpc) is 2.03. The van der Waals surface area contributed by atoms with Crippen molar-refractivity contribution in [3.8, 4) is 89.8 Å². The number of anilines is 3. The van der Waals surface area contributed by atoms with Crippen LogP contribution in [0.5, 0.6) is 23.0 Å². The van der Waals surface area contributed by atoms with E-state index in [1.807, 2.05) is 0 Å². The molecule has 0 unspecified atom stereocenters. The van der Waals surface area contributed by atoms with Crippen molar-refractivity contribution in [1.29, 1.82) is 0 Å². The lowest BCUT2D eigenvalue weighted by molar-refractivity contribution is 0.436. The van der Waals surface area contributed by atoms with Crippen LogP contribution < -0.4 is 14.4 Å². The standard InChI is InChI=1S/C80H51NO2/c1-2-20-52(21-3-1)53-40-42-54(43-41-53)55-44-47-58(48-45-55)81(59-23-18-22-56(50-59)61-27-19-34-72-78(61)63-26-5-8-29-66(63)80(72)70-32-11-16-38-76(70)83-77-39-17-12-33-71(77)80)73-35-13-6-24-60(73)57-46-49-67-64(51-57)62-25-4-7-28-65(62)79(67)68-30-9-14-36-74(68)82-75-37-15-10-31-69(75)79/h1-51H. The van der Waals surface area contributed by atoms with Gasteiger partial charge in [0.2, 0.25) is 0 Å². The number of hydrogen-bond donors (Lipinski definition) is 0. The first-order valence-electron chi connectivity index (χ1n) is 28.6. The molecule has 0 saturated heterocycles. The van der Waals surface area contributed by atoms with Gasteiger partial charge in [0.15, 0.2) is 0 Å². The summed E-state index contributed by atoms with van der Waals surface area (Å²) < 4.78 is 13.4. The van der Waals surface area contributed by atoms with Crippen LogP contribution in [0, 0.1) is 0 Å². The van der Waals surface area contributed by atoms with Crippen LogP contribution in [-0.4, -0.2) is 0 Å². The molecule has 0 amide bonds. The largest absolute Gasteiger partial charge is 0.457 e. The fourth-order valence-electron chi connectivity index (χ4n) is 14.6. The molecule has 13 aromatic carbocycles. The van der Waals surface area contributed by atoms with E-state index in [1.165, 1.54) is 66.8 Å². The van der Waals surface area contributed by atoms with E-state index in [1.54, 1.807) is 0 Å². The number of nitrogens with zero attached hydrogens (tertiary/aromatic N) is 1. The minimum absolute atomic E-state index is 0.555. The number of para-hydroxylation sites is 5. The fourth-order valence-corrected chi connectivity index (χ4v) is 14.6. The van der Waals surface area contributed by atoms with Gasteiger partial charge in [-0.25, -0.2) is 0 Å². The van der Waals surface area contributed by atoms with E-state index in [2.05, 4.69) is 314 Å². The van der Waals surface area contributed by atoms with Crippen LogP contribution >= 0.6 is 0 Å². The SMILES string of the molecule is c1ccc(-c2ccc(-c3ccc(N(c4cccc(-c5cccc6c5-c5ccccc5C65c6ccccc6Oc6ccccc65)c4)c4ccccc4-c4ccc5c(c4)-c4ccccc4C54c5ccccc5Oc5ccccc54)cc3)cc2)cc1. The Morgan fingerprint density at radius 3 is 1.20 bits per heavy atom. The van der Waals surface area contributed by atoms with Gasteiger partial charge in [-0.2, -0.15) is 0 Å². The second kappa shape index (κ2) is 18.4. The van der Waals surface area contributed by atoms with Crippen molar-refractivity contribution in [3.63, 3.8) is 0 Å². The van der Waals surface area contributed by atoms with Crippen molar-refractivity contribution in [2.75, 3.05) is 4.90 Å². The van der Waals surface area contributed by atoms with Crippen molar-refractivity contribution in [1.82, 2.24) is 0 Å². The van der Waals surface area contributed by atoms with Gasteiger partial charge in [0.05, 0.1) is 16.5 Å². The molecule has 17 rings (SSSR count). The van der Waals surface area contributed by atoms with E-state index in [4.69, 9.17) is 9.47 Å². The van der Waals surface area contributed by atoms with Gasteiger partial charge in [-0.1, -0.05) is 249 Å². The minimum atomic E-state index is -0.576. The van der Waals surface area contributed by atoms with Crippen LogP contribution in [-0.2, 0) is 10.8 Å². The van der Waals surface area contributed by atoms with Gasteiger partial charge in [-0.15, -0.1) is 0 Å². The summed E-state index contributed by atoms with van der Waals surface area (Å²) in [5.41, 5.74) is 26.0. The second-order valence-electron chi connectivity index (χ2n) is 22.2. The van der Waals surface area contributed by atoms with E-state index < -0.39 is 10.8 Å². The molecule has 0 aromatic heterocycles. The zero-order valence-electron chi connectivity index (χ0n) is 45.2. The summed E-state index contributed by atoms with van der Waals surface area (Å²) in [6.45, 7) is 0. The predicted molar refractivity (Wildman–Crippen MR) is 338 cm³/mol. The minimum Gasteiger partial charge on any atom is -0.457 e. The van der Waals surface area contributed by atoms with Crippen LogP contribution in [0.1, 0.15) is 44.5 Å². The lowest BCUT2D eigenvalue weighted by atomic mass is 9.66. The lowest BCUT2D eigenvalue weighted by Crippen LogP contribution is -2.32. The highest BCUT2D eigenvalue weighted by atomic mass is 16.5. The quantitative estimate of drug-likeness (QED) is 0.159. The molecule has 2 heterocycles. The molecule has 4 aliphatic rings. The van der Waals surface area contributed by atoms with Gasteiger partial charge in [0.25, 0.3) is 0 Å². The van der Waals surface area contributed by atoms with Gasteiger partial charge in [0.1, 0.15) is 23.0 Å². The third-order valence-electron chi connectivity index (χ3n) is 18.0. The van der Waals surface area contributed by atoms with Crippen LogP contribution in [0.3, 0.4) is 0 Å². The molecule has 83 heavy (non-hydrogen) atoms. The topological polar surface area (TPSA) is 21.7 Å². The van der Waals surface area contributed by atoms with E-state index in [-0.39, 0.29) is 0 Å². The van der Waals surface area contributed by atoms with E-state index in [9.17, 15) is 0 Å². The summed E-state index contributed by atoms with van der Waals surface area (Å²) in [5.74, 6) is 3.55. The smallest absolute Gasteiger partial charge is 0.132 e. The Bertz CT molecular complexity index is 4660. The summed E-state index contributed by atoms with van der Waals surface area (Å²) >= 11 is 0. The van der Waals surface area contributed by atoms with Crippen LogP contribution in [0.15, 0.2) is 309 Å². The lowest BCUT2D eigenvalue weighted by Gasteiger charge is -2.39. The Hall–Kier alpha value is -10.7. The maximum absolute atomic E-state index is 6.71. The molecule has 388 valence electrons. The van der Waals surface area contributed by atoms with Crippen molar-refractivity contribution in [3.05, 3.63) is 354 Å². The summed E-state index contributed by atoms with van der Waals surface area (Å²) in [6.07, 6.45) is 0. The molecular weight excluding hydrogens is 1010 g/mol. The van der Waals surface area contributed by atoms with Crippen LogP contribution in [0.2, 0.25) is 0 Å². The molecule has 0 bridgehead atoms. The third kappa shape index (κ3) is 6.86. The fraction of sp³-hybridized carbons (Fsp3) is 0.0250. The maximum atomic E-state index is 6.71. The summed E-state index contributed by atoms with van der Waals surface area (Å²) in [6, 6.07) is 113. The molecule has 3 heteroatoms. The molecule has 0 radical (unpaired) electrons. The van der Waals surface area contributed by atoms with Crippen LogP contribution in [0.4, 0.5) is 17.1 Å². The zero-order chi connectivity index (χ0) is 54.6. The van der Waals surface area contributed by atoms with Gasteiger partial charge in [0, 0.05) is 39.2 Å². The Labute approximate surface area is 483 Å². The molecule has 0 saturated carbocycles. The first-order chi connectivity index (χ1) is 41.2. The summed E-state index contributed by atoms with van der Waals surface area (Å²) in [5, 5.41) is 0. The highest BCUT2D eigenvalue weighted by Gasteiger charge is 2.53. The first kappa shape index (κ1) is 47.1. The normalized spacial score (nSPS) is 13.7. The monoisotopic (exact) mass is 1060 g/mol. The summed E-state index contributed by atoms with van der Waals surface area (Å²) in [7, 11) is 0. The molecule has 0 atom stereocenters. The van der Waals surface area contributed by atoms with Crippen molar-refractivity contribution in [2.45, 2.75) is 10.8 Å². The number of ether oxygens (including phenoxy) is 2. The van der Waals surface area contributed by atoms with Crippen molar-refractivity contribution >= 4 is 17.1 Å². The zero-order valence-corrected chi connectivity index (χ0v) is 45.2. The van der Waals surface area contributed by atoms with Gasteiger partial charge < -0.3 is 14.4 Å². The number of benzene rings is 13. The third-order valence-corrected chi connectivity index (χ3v) is 18.0. The van der Waals surface area contributed by atoms with Crippen LogP contribution in [0.25, 0.3) is 66.8 Å². The predicted octanol–water partition coefficient (Wildman–Crippen LogP) is 20.8. The molecule has 13 aromatic rings. The molecule has 0 N–H and O–H groups in total. The van der Waals surface area contributed by atoms with E-state index in [0.29, 0.717) is 0 Å². The molecular formula is C80H51NO2. The van der Waals surface area contributed by atoms with E-state index in [0.717, 1.165) is 84.6 Å². The Kier molecular flexibility index (Phi) is 10.4. The number of fused-ring (bicyclic) bond motifs is 18. The average molecular weight is 1060 g/mol. The number of rotatable bonds is 7. The molecule has 2 aliphatic carbocycles. The molecule has 2 spiro atoms. The Balaban J connectivity index is 0.842. The molecule has 3 nitrogen and oxygen atoms in total. The van der Waals surface area contributed by atoms with Gasteiger partial charge in [-0.3, -0.25) is 0 Å². The number of hydrogen-bond acceptors (Lipinski definition) is 3. The Morgan fingerprint density at radius 2 is 0.602 bits per heavy atom. The summed E-state index contributed by atoms with van der Waals surface area (Å²) in [4.78, 5) is 2.46. The highest BCUT2D eigenvalue weighted by Crippen LogP contribution is 2.65. The first-order valence-corrected chi connectivity index (χ1v) is 28.6. The van der Waals surface area contributed by atoms with Gasteiger partial charge >= 0.3 is 0 Å². The maximum Gasteiger partial charge on any atom is 0.132 e. The van der Waals surface area contributed by atoms with Crippen molar-refractivity contribution in [2.24, 2.45) is 0 Å². The van der Waals surface area contributed by atoms with Gasteiger partial charge in [-0.05, 0) is 144 Å². The Morgan fingerprint density at radius 1 is 0.217 bits per heavy atom. The molecule has 2 aliphatic heterocycles. The highest BCUT2D eigenvalue weighted by molar-refractivity contribution is 5.99. The second-order valence-corrected chi connectivity index (χ2v) is 22.2. The van der Waals surface area contributed by atoms with Crippen molar-refractivity contribution < 1.29 is 9.47 Å². The van der Waals surface area contributed by atoms with E-state index >= 15 is 0 Å². The molecule has 0 fully saturated rings.